The second-order valence-corrected chi connectivity index (χ2v) is 4.21. The zero-order chi connectivity index (χ0) is 14.7. The molecule has 0 unspecified atom stereocenters. The molecule has 1 aromatic carbocycles. The maximum Gasteiger partial charge on any atom is 0.319 e. The first kappa shape index (κ1) is 13.1. The van der Waals surface area contributed by atoms with E-state index >= 15 is 0 Å². The summed E-state index contributed by atoms with van der Waals surface area (Å²) in [4.78, 5) is 16.6. The molecule has 0 amide bonds. The van der Waals surface area contributed by atoms with Crippen molar-refractivity contribution >= 4 is 5.91 Å². The molecule has 3 aromatic rings. The number of benzene rings is 1. The van der Waals surface area contributed by atoms with Crippen molar-refractivity contribution in [3.63, 3.8) is 0 Å². The molecule has 2 aromatic heterocycles. The van der Waals surface area contributed by atoms with Gasteiger partial charge in [0.2, 0.25) is 11.6 Å². The fourth-order valence-corrected chi connectivity index (χ4v) is 1.87. The van der Waals surface area contributed by atoms with Crippen molar-refractivity contribution in [1.29, 1.82) is 0 Å². The van der Waals surface area contributed by atoms with Crippen LogP contribution in [0.5, 0.6) is 5.95 Å². The van der Waals surface area contributed by atoms with Gasteiger partial charge in [0.15, 0.2) is 0 Å². The Morgan fingerprint density at radius 2 is 2.10 bits per heavy atom. The second kappa shape index (κ2) is 5.62. The molecule has 3 rings (SSSR count). The summed E-state index contributed by atoms with van der Waals surface area (Å²) >= 11 is 0. The molecule has 0 bridgehead atoms. The molecule has 0 fully saturated rings. The average molecular weight is 283 g/mol. The molecular formula is C15H13N3O3. The zero-order valence-corrected chi connectivity index (χ0v) is 11.4. The molecule has 0 N–H and O–H groups in total. The Labute approximate surface area is 121 Å². The van der Waals surface area contributed by atoms with E-state index in [0.717, 1.165) is 5.56 Å². The summed E-state index contributed by atoms with van der Waals surface area (Å²) in [6, 6.07) is 11.0. The van der Waals surface area contributed by atoms with Crippen LogP contribution in [-0.2, 0) is 0 Å². The third kappa shape index (κ3) is 2.55. The van der Waals surface area contributed by atoms with E-state index in [4.69, 9.17) is 9.15 Å². The van der Waals surface area contributed by atoms with Crippen LogP contribution in [-0.4, -0.2) is 27.3 Å². The molecule has 21 heavy (non-hydrogen) atoms. The van der Waals surface area contributed by atoms with E-state index in [1.54, 1.807) is 12.3 Å². The van der Waals surface area contributed by atoms with Crippen molar-refractivity contribution in [1.82, 2.24) is 14.8 Å². The van der Waals surface area contributed by atoms with E-state index in [2.05, 4.69) is 10.1 Å². The topological polar surface area (TPSA) is 70.2 Å². The van der Waals surface area contributed by atoms with Gasteiger partial charge in [0, 0.05) is 18.0 Å². The van der Waals surface area contributed by atoms with Gasteiger partial charge >= 0.3 is 11.9 Å². The lowest BCUT2D eigenvalue weighted by Gasteiger charge is -2.00. The van der Waals surface area contributed by atoms with Crippen molar-refractivity contribution in [3.8, 4) is 17.4 Å². The standard InChI is InChI=1S/C15H13N3O3/c1-2-20-15-12(14(19)18-10-6-9-16-18)17-13(21-15)11-7-4-3-5-8-11/h3-10H,2H2,1H3. The Hall–Kier alpha value is -2.89. The number of aromatic nitrogens is 3. The van der Waals surface area contributed by atoms with E-state index in [1.165, 1.54) is 10.9 Å². The molecule has 0 saturated carbocycles. The fraction of sp³-hybridized carbons (Fsp3) is 0.133. The number of carbonyl (C=O) groups excluding carboxylic acids is 1. The van der Waals surface area contributed by atoms with E-state index < -0.39 is 5.91 Å². The highest BCUT2D eigenvalue weighted by Crippen LogP contribution is 2.27. The van der Waals surface area contributed by atoms with Gasteiger partial charge in [-0.25, -0.2) is 4.68 Å². The molecule has 0 aliphatic carbocycles. The van der Waals surface area contributed by atoms with Crippen LogP contribution >= 0.6 is 0 Å². The van der Waals surface area contributed by atoms with Crippen LogP contribution in [0.2, 0.25) is 0 Å². The Balaban J connectivity index is 2.03. The van der Waals surface area contributed by atoms with Crippen LogP contribution in [0.25, 0.3) is 11.5 Å². The molecule has 6 heteroatoms. The molecule has 2 heterocycles. The highest BCUT2D eigenvalue weighted by Gasteiger charge is 2.23. The number of rotatable bonds is 4. The molecular weight excluding hydrogens is 270 g/mol. The largest absolute Gasteiger partial charge is 0.464 e. The molecule has 0 radical (unpaired) electrons. The Morgan fingerprint density at radius 1 is 1.29 bits per heavy atom. The van der Waals surface area contributed by atoms with E-state index in [9.17, 15) is 4.79 Å². The van der Waals surface area contributed by atoms with Crippen molar-refractivity contribution in [3.05, 3.63) is 54.5 Å². The van der Waals surface area contributed by atoms with Gasteiger partial charge in [-0.15, -0.1) is 0 Å². The number of ether oxygens (including phenoxy) is 1. The van der Waals surface area contributed by atoms with Gasteiger partial charge in [-0.05, 0) is 25.1 Å². The summed E-state index contributed by atoms with van der Waals surface area (Å²) in [5.41, 5.74) is 0.886. The average Bonchev–Trinajstić information content (AvgIpc) is 3.18. The monoisotopic (exact) mass is 283 g/mol. The molecule has 0 atom stereocenters. The molecule has 6 nitrogen and oxygen atoms in total. The second-order valence-electron chi connectivity index (χ2n) is 4.21. The summed E-state index contributed by atoms with van der Waals surface area (Å²) in [5.74, 6) is 0.0563. The predicted molar refractivity (Wildman–Crippen MR) is 75.1 cm³/mol. The normalized spacial score (nSPS) is 10.5. The Morgan fingerprint density at radius 3 is 2.76 bits per heavy atom. The first-order chi connectivity index (χ1) is 10.3. The molecule has 0 aliphatic heterocycles. The number of oxazole rings is 1. The first-order valence-corrected chi connectivity index (χ1v) is 6.53. The van der Waals surface area contributed by atoms with Gasteiger partial charge in [0.25, 0.3) is 0 Å². The molecule has 0 aliphatic rings. The van der Waals surface area contributed by atoms with Crippen LogP contribution in [0.1, 0.15) is 17.4 Å². The Bertz CT molecular complexity index is 733. The minimum Gasteiger partial charge on any atom is -0.464 e. The van der Waals surface area contributed by atoms with Crippen LogP contribution in [0, 0.1) is 0 Å². The zero-order valence-electron chi connectivity index (χ0n) is 11.4. The lowest BCUT2D eigenvalue weighted by atomic mass is 10.2. The van der Waals surface area contributed by atoms with E-state index in [-0.39, 0.29) is 11.6 Å². The number of hydrogen-bond acceptors (Lipinski definition) is 5. The maximum atomic E-state index is 12.3. The third-order valence-electron chi connectivity index (χ3n) is 2.81. The van der Waals surface area contributed by atoms with Gasteiger partial charge in [-0.1, -0.05) is 18.2 Å². The van der Waals surface area contributed by atoms with Gasteiger partial charge in [0.1, 0.15) is 0 Å². The van der Waals surface area contributed by atoms with Crippen molar-refractivity contribution in [2.24, 2.45) is 0 Å². The highest BCUT2D eigenvalue weighted by molar-refractivity contribution is 5.95. The predicted octanol–water partition coefficient (Wildman–Crippen LogP) is 2.63. The van der Waals surface area contributed by atoms with E-state index in [0.29, 0.717) is 12.5 Å². The van der Waals surface area contributed by atoms with Gasteiger partial charge < -0.3 is 9.15 Å². The highest BCUT2D eigenvalue weighted by atomic mass is 16.6. The maximum absolute atomic E-state index is 12.3. The van der Waals surface area contributed by atoms with Gasteiger partial charge in [-0.3, -0.25) is 4.79 Å². The lowest BCUT2D eigenvalue weighted by molar-refractivity contribution is 0.0934. The van der Waals surface area contributed by atoms with Crippen molar-refractivity contribution < 1.29 is 13.9 Å². The third-order valence-corrected chi connectivity index (χ3v) is 2.81. The number of hydrogen-bond donors (Lipinski definition) is 0. The smallest absolute Gasteiger partial charge is 0.319 e. The minimum absolute atomic E-state index is 0.108. The SMILES string of the molecule is CCOc1oc(-c2ccccc2)nc1C(=O)n1cccn1. The number of nitrogens with zero attached hydrogens (tertiary/aromatic N) is 3. The van der Waals surface area contributed by atoms with Crippen LogP contribution in [0.3, 0.4) is 0 Å². The summed E-state index contributed by atoms with van der Waals surface area (Å²) in [6.07, 6.45) is 3.07. The van der Waals surface area contributed by atoms with Gasteiger partial charge in [0.05, 0.1) is 6.61 Å². The Kier molecular flexibility index (Phi) is 3.51. The first-order valence-electron chi connectivity index (χ1n) is 6.53. The summed E-state index contributed by atoms with van der Waals surface area (Å²) < 4.78 is 12.1. The fourth-order valence-electron chi connectivity index (χ4n) is 1.87. The van der Waals surface area contributed by atoms with Crippen molar-refractivity contribution in [2.45, 2.75) is 6.92 Å². The van der Waals surface area contributed by atoms with Gasteiger partial charge in [-0.2, -0.15) is 10.1 Å². The molecule has 0 spiro atoms. The summed E-state index contributed by atoms with van der Waals surface area (Å²) in [7, 11) is 0. The van der Waals surface area contributed by atoms with Crippen LogP contribution in [0.4, 0.5) is 0 Å². The summed E-state index contributed by atoms with van der Waals surface area (Å²) in [6.45, 7) is 2.19. The van der Waals surface area contributed by atoms with Crippen molar-refractivity contribution in [2.75, 3.05) is 6.61 Å². The van der Waals surface area contributed by atoms with Crippen LogP contribution in [0.15, 0.2) is 53.2 Å². The lowest BCUT2D eigenvalue weighted by Crippen LogP contribution is -2.14. The molecule has 0 saturated heterocycles. The molecule has 106 valence electrons. The quantitative estimate of drug-likeness (QED) is 0.736. The number of carbonyl (C=O) groups is 1. The summed E-state index contributed by atoms with van der Waals surface area (Å²) in [5, 5.41) is 3.91. The van der Waals surface area contributed by atoms with E-state index in [1.807, 2.05) is 37.3 Å². The van der Waals surface area contributed by atoms with Crippen LogP contribution < -0.4 is 4.74 Å². The minimum atomic E-state index is -0.394.